The summed E-state index contributed by atoms with van der Waals surface area (Å²) in [6.07, 6.45) is 10.3. The average Bonchev–Trinajstić information content (AvgIpc) is 3.53. The maximum absolute atomic E-state index is 13.3. The van der Waals surface area contributed by atoms with Gasteiger partial charge in [0.2, 0.25) is 0 Å². The van der Waals surface area contributed by atoms with Crippen molar-refractivity contribution in [2.45, 2.75) is 51.4 Å². The molecule has 0 spiro atoms. The Bertz CT molecular complexity index is 1080. The number of nitrogens with one attached hydrogen (secondary N) is 1. The van der Waals surface area contributed by atoms with E-state index in [1.165, 1.54) is 18.4 Å². The molecule has 2 aliphatic carbocycles. The lowest BCUT2D eigenvalue weighted by molar-refractivity contribution is -0.119. The Morgan fingerprint density at radius 2 is 1.77 bits per heavy atom. The highest BCUT2D eigenvalue weighted by Gasteiger charge is 2.32. The van der Waals surface area contributed by atoms with E-state index in [4.69, 9.17) is 0 Å². The van der Waals surface area contributed by atoms with E-state index < -0.39 is 0 Å². The zero-order valence-corrected chi connectivity index (χ0v) is 17.8. The third-order valence-corrected chi connectivity index (χ3v) is 6.66. The summed E-state index contributed by atoms with van der Waals surface area (Å²) in [5.41, 5.74) is 6.26. The number of nitrogens with zero attached hydrogens (tertiary/aromatic N) is 1. The molecule has 0 saturated heterocycles. The van der Waals surface area contributed by atoms with Gasteiger partial charge in [0.15, 0.2) is 5.78 Å². The Labute approximate surface area is 183 Å². The number of carbonyl (C=O) groups is 2. The normalized spacial score (nSPS) is 18.1. The second-order valence-corrected chi connectivity index (χ2v) is 9.15. The van der Waals surface area contributed by atoms with Crippen LogP contribution in [0.15, 0.2) is 54.9 Å². The van der Waals surface area contributed by atoms with E-state index in [-0.39, 0.29) is 11.7 Å². The molecule has 2 aliphatic rings. The molecule has 0 aliphatic heterocycles. The van der Waals surface area contributed by atoms with E-state index >= 15 is 0 Å². The number of carbonyl (C=O) groups excluding carboxylic acids is 2. The fourth-order valence-corrected chi connectivity index (χ4v) is 4.87. The quantitative estimate of drug-likeness (QED) is 0.527. The summed E-state index contributed by atoms with van der Waals surface area (Å²) in [6, 6.07) is 14.3. The van der Waals surface area contributed by atoms with Gasteiger partial charge in [0.05, 0.1) is 5.69 Å². The lowest BCUT2D eigenvalue weighted by atomic mass is 9.81. The van der Waals surface area contributed by atoms with Gasteiger partial charge in [-0.2, -0.15) is 0 Å². The van der Waals surface area contributed by atoms with Gasteiger partial charge < -0.3 is 4.98 Å². The summed E-state index contributed by atoms with van der Waals surface area (Å²) < 4.78 is 0. The van der Waals surface area contributed by atoms with Crippen molar-refractivity contribution < 1.29 is 9.59 Å². The van der Waals surface area contributed by atoms with Crippen molar-refractivity contribution >= 4 is 11.6 Å². The zero-order chi connectivity index (χ0) is 21.2. The van der Waals surface area contributed by atoms with Crippen LogP contribution in [-0.4, -0.2) is 21.5 Å². The van der Waals surface area contributed by atoms with Crippen molar-refractivity contribution in [1.82, 2.24) is 9.97 Å². The first-order valence-corrected chi connectivity index (χ1v) is 11.4. The van der Waals surface area contributed by atoms with Crippen molar-refractivity contribution in [2.75, 3.05) is 0 Å². The molecule has 2 aromatic heterocycles. The van der Waals surface area contributed by atoms with Gasteiger partial charge in [0.25, 0.3) is 0 Å². The number of H-pyrrole nitrogens is 1. The summed E-state index contributed by atoms with van der Waals surface area (Å²) in [6.45, 7) is 0. The number of aromatic nitrogens is 2. The minimum atomic E-state index is 0.211. The minimum Gasteiger partial charge on any atom is -0.358 e. The van der Waals surface area contributed by atoms with E-state index in [1.807, 2.05) is 30.3 Å². The first-order chi connectivity index (χ1) is 15.2. The summed E-state index contributed by atoms with van der Waals surface area (Å²) in [5, 5.41) is 0. The van der Waals surface area contributed by atoms with Crippen LogP contribution in [0.1, 0.15) is 65.7 Å². The van der Waals surface area contributed by atoms with E-state index in [1.54, 1.807) is 12.4 Å². The lowest BCUT2D eigenvalue weighted by Crippen LogP contribution is -2.21. The average molecular weight is 413 g/mol. The molecule has 1 saturated carbocycles. The molecule has 0 amide bonds. The van der Waals surface area contributed by atoms with Gasteiger partial charge in [-0.25, -0.2) is 0 Å². The highest BCUT2D eigenvalue weighted by molar-refractivity contribution is 6.02. The minimum absolute atomic E-state index is 0.211. The highest BCUT2D eigenvalue weighted by atomic mass is 16.1. The van der Waals surface area contributed by atoms with E-state index in [0.717, 1.165) is 53.8 Å². The van der Waals surface area contributed by atoms with Crippen LogP contribution in [0, 0.1) is 11.8 Å². The van der Waals surface area contributed by atoms with Crippen LogP contribution in [0.25, 0.3) is 11.3 Å². The molecule has 3 aromatic rings. The Balaban J connectivity index is 1.42. The number of hydrogen-bond donors (Lipinski definition) is 1. The van der Waals surface area contributed by atoms with Crippen LogP contribution in [0.3, 0.4) is 0 Å². The number of benzene rings is 1. The van der Waals surface area contributed by atoms with E-state index in [0.29, 0.717) is 24.5 Å². The molecular formula is C27H28N2O2. The van der Waals surface area contributed by atoms with Crippen molar-refractivity contribution in [3.05, 3.63) is 77.2 Å². The molecule has 2 heterocycles. The molecule has 1 fully saturated rings. The monoisotopic (exact) mass is 412 g/mol. The topological polar surface area (TPSA) is 62.8 Å². The standard InChI is InChI=1S/C27H28N2O2/c30-22(14-19-6-7-19)9-8-20-16-24-26(25(31)17-20)23(15-18-4-2-1-3-5-18)27(29-24)21-10-12-28-13-11-21/h1-5,10-13,19-20,29H,6-9,14-17H2. The van der Waals surface area contributed by atoms with Gasteiger partial charge in [-0.15, -0.1) is 0 Å². The van der Waals surface area contributed by atoms with Crippen molar-refractivity contribution in [2.24, 2.45) is 11.8 Å². The van der Waals surface area contributed by atoms with Gasteiger partial charge in [0, 0.05) is 54.9 Å². The molecule has 4 heteroatoms. The number of hydrogen-bond acceptors (Lipinski definition) is 3. The zero-order valence-electron chi connectivity index (χ0n) is 17.8. The summed E-state index contributed by atoms with van der Waals surface area (Å²) in [4.78, 5) is 33.2. The maximum atomic E-state index is 13.3. The van der Waals surface area contributed by atoms with Gasteiger partial charge in [-0.1, -0.05) is 30.3 Å². The van der Waals surface area contributed by atoms with Crippen LogP contribution < -0.4 is 0 Å². The SMILES string of the molecule is O=C(CCC1CC(=O)c2c([nH]c(-c3ccncc3)c2Cc2ccccc2)C1)CC1CC1. The molecule has 1 N–H and O–H groups in total. The summed E-state index contributed by atoms with van der Waals surface area (Å²) in [7, 11) is 0. The molecule has 4 nitrogen and oxygen atoms in total. The second kappa shape index (κ2) is 8.62. The third kappa shape index (κ3) is 4.53. The van der Waals surface area contributed by atoms with Crippen LogP contribution in [0.4, 0.5) is 0 Å². The predicted octanol–water partition coefficient (Wildman–Crippen LogP) is 5.56. The Kier molecular flexibility index (Phi) is 5.54. The fourth-order valence-electron chi connectivity index (χ4n) is 4.87. The summed E-state index contributed by atoms with van der Waals surface area (Å²) in [5.74, 6) is 1.47. The van der Waals surface area contributed by atoms with Crippen LogP contribution in [0.5, 0.6) is 0 Å². The fraction of sp³-hybridized carbons (Fsp3) is 0.370. The van der Waals surface area contributed by atoms with Crippen LogP contribution in [-0.2, 0) is 17.6 Å². The number of ketones is 2. The maximum Gasteiger partial charge on any atom is 0.165 e. The molecule has 1 aromatic carbocycles. The largest absolute Gasteiger partial charge is 0.358 e. The number of rotatable bonds is 8. The summed E-state index contributed by atoms with van der Waals surface area (Å²) >= 11 is 0. The number of Topliss-reactive ketones (excluding diaryl/α,β-unsaturated/α-hetero) is 2. The molecule has 31 heavy (non-hydrogen) atoms. The number of aromatic amines is 1. The van der Waals surface area contributed by atoms with Gasteiger partial charge in [0.1, 0.15) is 5.78 Å². The second-order valence-electron chi connectivity index (χ2n) is 9.15. The van der Waals surface area contributed by atoms with Crippen molar-refractivity contribution in [3.8, 4) is 11.3 Å². The van der Waals surface area contributed by atoms with Crippen molar-refractivity contribution in [3.63, 3.8) is 0 Å². The first-order valence-electron chi connectivity index (χ1n) is 11.4. The van der Waals surface area contributed by atoms with Gasteiger partial charge in [-0.3, -0.25) is 14.6 Å². The van der Waals surface area contributed by atoms with Crippen molar-refractivity contribution in [1.29, 1.82) is 0 Å². The Morgan fingerprint density at radius 3 is 2.52 bits per heavy atom. The Hall–Kier alpha value is -3.01. The smallest absolute Gasteiger partial charge is 0.165 e. The van der Waals surface area contributed by atoms with Gasteiger partial charge >= 0.3 is 0 Å². The molecule has 0 bridgehead atoms. The first kappa shape index (κ1) is 19.9. The molecule has 5 rings (SSSR count). The predicted molar refractivity (Wildman–Crippen MR) is 121 cm³/mol. The number of pyridine rings is 1. The highest BCUT2D eigenvalue weighted by Crippen LogP contribution is 2.38. The van der Waals surface area contributed by atoms with E-state index in [9.17, 15) is 9.59 Å². The molecular weight excluding hydrogens is 384 g/mol. The van der Waals surface area contributed by atoms with Gasteiger partial charge in [-0.05, 0) is 60.8 Å². The van der Waals surface area contributed by atoms with E-state index in [2.05, 4.69) is 22.1 Å². The lowest BCUT2D eigenvalue weighted by Gasteiger charge is -2.21. The third-order valence-electron chi connectivity index (χ3n) is 6.66. The molecule has 158 valence electrons. The van der Waals surface area contributed by atoms with Crippen LogP contribution >= 0.6 is 0 Å². The van der Waals surface area contributed by atoms with Crippen LogP contribution in [0.2, 0.25) is 0 Å². The Morgan fingerprint density at radius 1 is 1.00 bits per heavy atom. The number of fused-ring (bicyclic) bond motifs is 1. The molecule has 0 radical (unpaired) electrons. The molecule has 1 atom stereocenters. The molecule has 1 unspecified atom stereocenters.